The molecule has 3 rings (SSSR count). The standard InChI is InChI=1S/C16H15Br2FN2OS/c17-13-9-14(23-15(13)18)16(22)21-6-4-20(5-7-21)10-11-2-1-3-12(19)8-11/h1-3,8-9H,4-7,10H2. The fraction of sp³-hybridized carbons (Fsp3) is 0.312. The molecular weight excluding hydrogens is 447 g/mol. The molecule has 122 valence electrons. The number of halogens is 3. The first kappa shape index (κ1) is 17.1. The van der Waals surface area contributed by atoms with E-state index in [9.17, 15) is 9.18 Å². The molecule has 23 heavy (non-hydrogen) atoms. The maximum absolute atomic E-state index is 13.2. The van der Waals surface area contributed by atoms with E-state index in [0.29, 0.717) is 13.1 Å². The van der Waals surface area contributed by atoms with Gasteiger partial charge in [0.15, 0.2) is 0 Å². The number of rotatable bonds is 3. The monoisotopic (exact) mass is 460 g/mol. The molecule has 1 aliphatic heterocycles. The summed E-state index contributed by atoms with van der Waals surface area (Å²) in [5, 5.41) is 0. The molecule has 1 fully saturated rings. The predicted molar refractivity (Wildman–Crippen MR) is 97.3 cm³/mol. The number of carbonyl (C=O) groups is 1. The molecule has 0 N–H and O–H groups in total. The smallest absolute Gasteiger partial charge is 0.264 e. The van der Waals surface area contributed by atoms with Crippen molar-refractivity contribution in [3.05, 3.63) is 54.8 Å². The number of nitrogens with zero attached hydrogens (tertiary/aromatic N) is 2. The Morgan fingerprint density at radius 2 is 1.91 bits per heavy atom. The van der Waals surface area contributed by atoms with Crippen LogP contribution < -0.4 is 0 Å². The normalized spacial score (nSPS) is 15.9. The molecule has 7 heteroatoms. The van der Waals surface area contributed by atoms with Gasteiger partial charge in [0.25, 0.3) is 5.91 Å². The van der Waals surface area contributed by atoms with Crippen molar-refractivity contribution >= 4 is 49.1 Å². The molecule has 0 spiro atoms. The third kappa shape index (κ3) is 4.21. The summed E-state index contributed by atoms with van der Waals surface area (Å²) in [7, 11) is 0. The van der Waals surface area contributed by atoms with Gasteiger partial charge in [-0.15, -0.1) is 11.3 Å². The molecule has 0 radical (unpaired) electrons. The van der Waals surface area contributed by atoms with Crippen molar-refractivity contribution in [2.75, 3.05) is 26.2 Å². The second kappa shape index (κ2) is 7.42. The van der Waals surface area contributed by atoms with E-state index >= 15 is 0 Å². The fourth-order valence-electron chi connectivity index (χ4n) is 2.61. The van der Waals surface area contributed by atoms with E-state index in [1.807, 2.05) is 17.0 Å². The summed E-state index contributed by atoms with van der Waals surface area (Å²) in [6.45, 7) is 3.71. The second-order valence-corrected chi connectivity index (χ2v) is 8.65. The van der Waals surface area contributed by atoms with Gasteiger partial charge in [0.2, 0.25) is 0 Å². The number of hydrogen-bond acceptors (Lipinski definition) is 3. The Hall–Kier alpha value is -0.760. The van der Waals surface area contributed by atoms with Crippen molar-refractivity contribution in [1.29, 1.82) is 0 Å². The van der Waals surface area contributed by atoms with E-state index < -0.39 is 0 Å². The summed E-state index contributed by atoms with van der Waals surface area (Å²) in [4.78, 5) is 17.4. The molecule has 3 nitrogen and oxygen atoms in total. The van der Waals surface area contributed by atoms with Crippen molar-refractivity contribution < 1.29 is 9.18 Å². The average Bonchev–Trinajstić information content (AvgIpc) is 2.87. The summed E-state index contributed by atoms with van der Waals surface area (Å²) in [6, 6.07) is 8.55. The fourth-order valence-corrected chi connectivity index (χ4v) is 4.61. The SMILES string of the molecule is O=C(c1cc(Br)c(Br)s1)N1CCN(Cc2cccc(F)c2)CC1. The van der Waals surface area contributed by atoms with Crippen LogP contribution in [0.2, 0.25) is 0 Å². The van der Waals surface area contributed by atoms with E-state index in [1.165, 1.54) is 17.4 Å². The molecule has 0 aliphatic carbocycles. The van der Waals surface area contributed by atoms with Crippen molar-refractivity contribution in [3.8, 4) is 0 Å². The number of piperazine rings is 1. The second-order valence-electron chi connectivity index (χ2n) is 5.43. The topological polar surface area (TPSA) is 23.6 Å². The van der Waals surface area contributed by atoms with Crippen LogP contribution in [0.3, 0.4) is 0 Å². The molecule has 2 aromatic rings. The zero-order valence-electron chi connectivity index (χ0n) is 12.3. The van der Waals surface area contributed by atoms with E-state index in [-0.39, 0.29) is 11.7 Å². The highest BCUT2D eigenvalue weighted by Gasteiger charge is 2.24. The minimum atomic E-state index is -0.204. The van der Waals surface area contributed by atoms with Gasteiger partial charge in [-0.3, -0.25) is 9.69 Å². The lowest BCUT2D eigenvalue weighted by molar-refractivity contribution is 0.0633. The Bertz CT molecular complexity index is 694. The average molecular weight is 462 g/mol. The molecule has 0 unspecified atom stereocenters. The lowest BCUT2D eigenvalue weighted by Crippen LogP contribution is -2.48. The summed E-state index contributed by atoms with van der Waals surface area (Å²) in [5.74, 6) is -0.128. The van der Waals surface area contributed by atoms with Gasteiger partial charge in [0.1, 0.15) is 5.82 Å². The Morgan fingerprint density at radius 1 is 1.17 bits per heavy atom. The molecule has 1 aromatic carbocycles. The van der Waals surface area contributed by atoms with Gasteiger partial charge in [-0.05, 0) is 55.6 Å². The van der Waals surface area contributed by atoms with Gasteiger partial charge in [-0.2, -0.15) is 0 Å². The lowest BCUT2D eigenvalue weighted by Gasteiger charge is -2.34. The first-order chi connectivity index (χ1) is 11.0. The Balaban J connectivity index is 1.56. The van der Waals surface area contributed by atoms with Crippen LogP contribution in [0.25, 0.3) is 0 Å². The van der Waals surface area contributed by atoms with Crippen LogP contribution in [0, 0.1) is 5.82 Å². The van der Waals surface area contributed by atoms with Crippen molar-refractivity contribution in [3.63, 3.8) is 0 Å². The molecule has 2 heterocycles. The maximum Gasteiger partial charge on any atom is 0.264 e. The van der Waals surface area contributed by atoms with Crippen LogP contribution in [-0.2, 0) is 6.54 Å². The summed E-state index contributed by atoms with van der Waals surface area (Å²) in [6.07, 6.45) is 0. The number of hydrogen-bond donors (Lipinski definition) is 0. The van der Waals surface area contributed by atoms with E-state index in [4.69, 9.17) is 0 Å². The quantitative estimate of drug-likeness (QED) is 0.677. The summed E-state index contributed by atoms with van der Waals surface area (Å²) < 4.78 is 15.1. The molecular formula is C16H15Br2FN2OS. The van der Waals surface area contributed by atoms with Gasteiger partial charge in [-0.1, -0.05) is 12.1 Å². The van der Waals surface area contributed by atoms with Crippen LogP contribution in [0.4, 0.5) is 4.39 Å². The summed E-state index contributed by atoms with van der Waals surface area (Å²) in [5.41, 5.74) is 0.968. The zero-order valence-corrected chi connectivity index (χ0v) is 16.3. The molecule has 0 atom stereocenters. The Morgan fingerprint density at radius 3 is 2.52 bits per heavy atom. The minimum Gasteiger partial charge on any atom is -0.335 e. The van der Waals surface area contributed by atoms with E-state index in [1.54, 1.807) is 12.1 Å². The molecule has 0 bridgehead atoms. The number of benzene rings is 1. The van der Waals surface area contributed by atoms with Crippen LogP contribution >= 0.6 is 43.2 Å². The van der Waals surface area contributed by atoms with E-state index in [2.05, 4.69) is 36.8 Å². The minimum absolute atomic E-state index is 0.0757. The lowest BCUT2D eigenvalue weighted by atomic mass is 10.2. The van der Waals surface area contributed by atoms with Gasteiger partial charge < -0.3 is 4.90 Å². The van der Waals surface area contributed by atoms with Crippen LogP contribution in [0.1, 0.15) is 15.2 Å². The molecule has 1 saturated heterocycles. The van der Waals surface area contributed by atoms with Crippen LogP contribution in [0.5, 0.6) is 0 Å². The van der Waals surface area contributed by atoms with Gasteiger partial charge in [0, 0.05) is 37.2 Å². The van der Waals surface area contributed by atoms with Gasteiger partial charge in [0.05, 0.1) is 8.66 Å². The first-order valence-electron chi connectivity index (χ1n) is 7.24. The molecule has 1 aromatic heterocycles. The van der Waals surface area contributed by atoms with E-state index in [0.717, 1.165) is 38.3 Å². The third-order valence-electron chi connectivity index (χ3n) is 3.81. The maximum atomic E-state index is 13.2. The highest BCUT2D eigenvalue weighted by Crippen LogP contribution is 2.33. The Kier molecular flexibility index (Phi) is 5.51. The number of amides is 1. The van der Waals surface area contributed by atoms with Crippen molar-refractivity contribution in [2.45, 2.75) is 6.54 Å². The van der Waals surface area contributed by atoms with Crippen molar-refractivity contribution in [2.24, 2.45) is 0 Å². The first-order valence-corrected chi connectivity index (χ1v) is 9.64. The largest absolute Gasteiger partial charge is 0.335 e. The number of carbonyl (C=O) groups excluding carboxylic acids is 1. The Labute approximate surface area is 155 Å². The van der Waals surface area contributed by atoms with Crippen LogP contribution in [-0.4, -0.2) is 41.9 Å². The highest BCUT2D eigenvalue weighted by molar-refractivity contribution is 9.13. The van der Waals surface area contributed by atoms with Gasteiger partial charge in [-0.25, -0.2) is 4.39 Å². The predicted octanol–water partition coefficient (Wildman–Crippen LogP) is 4.37. The van der Waals surface area contributed by atoms with Gasteiger partial charge >= 0.3 is 0 Å². The zero-order chi connectivity index (χ0) is 16.4. The number of thiophene rings is 1. The molecule has 0 saturated carbocycles. The third-order valence-corrected chi connectivity index (χ3v) is 7.05. The molecule has 1 aliphatic rings. The summed E-state index contributed by atoms with van der Waals surface area (Å²) >= 11 is 8.28. The highest BCUT2D eigenvalue weighted by atomic mass is 79.9. The molecule has 1 amide bonds. The van der Waals surface area contributed by atoms with Crippen LogP contribution in [0.15, 0.2) is 38.6 Å². The van der Waals surface area contributed by atoms with Crippen molar-refractivity contribution in [1.82, 2.24) is 9.80 Å².